The van der Waals surface area contributed by atoms with Crippen molar-refractivity contribution in [3.8, 4) is 0 Å². The fraction of sp³-hybridized carbons (Fsp3) is 0.785. The number of ketones is 1. The Morgan fingerprint density at radius 2 is 1.23 bits per heavy atom. The molecule has 14 aliphatic rings. The molecule has 9 aliphatic heterocycles. The summed E-state index contributed by atoms with van der Waals surface area (Å²) in [5, 5.41) is 4.48. The molecule has 26 nitrogen and oxygen atoms in total. The summed E-state index contributed by atoms with van der Waals surface area (Å²) in [5.41, 5.74) is 9.62. The molecule has 17 rings (SSSR count). The molecule has 18 unspecified atom stereocenters. The highest BCUT2D eigenvalue weighted by Gasteiger charge is 2.74. The first-order valence-corrected chi connectivity index (χ1v) is 50.6. The average molecular weight is 1850 g/mol. The maximum Gasteiger partial charge on any atom is 0.317 e. The number of carbonyl (C=O) groups excluding carboxylic acids is 3. The molecule has 42 atom stereocenters. The van der Waals surface area contributed by atoms with Gasteiger partial charge in [-0.25, -0.2) is 0 Å². The van der Waals surface area contributed by atoms with Crippen LogP contribution in [0.3, 0.4) is 0 Å². The molecule has 0 bridgehead atoms. The minimum absolute atomic E-state index is 0.000685. The van der Waals surface area contributed by atoms with Crippen molar-refractivity contribution in [3.05, 3.63) is 130 Å². The molecule has 4 saturated carbocycles. The number of nitrogens with zero attached hydrogens (tertiary/aromatic N) is 3. The van der Waals surface area contributed by atoms with Crippen LogP contribution < -0.4 is 0 Å². The predicted molar refractivity (Wildman–Crippen MR) is 493 cm³/mol. The first-order chi connectivity index (χ1) is 63.4. The monoisotopic (exact) mass is 1850 g/mol. The maximum absolute atomic E-state index is 17.1. The van der Waals surface area contributed by atoms with Crippen molar-refractivity contribution >= 4 is 18.0 Å². The zero-order valence-electron chi connectivity index (χ0n) is 83.1. The number of azide groups is 1. The highest BCUT2D eigenvalue weighted by molar-refractivity contribution is 5.81. The van der Waals surface area contributed by atoms with E-state index in [1.165, 1.54) is 11.9 Å². The molecule has 3 aromatic carbocycles. The molecule has 3 aromatic rings. The van der Waals surface area contributed by atoms with E-state index in [0.29, 0.717) is 69.5 Å². The Labute approximate surface area is 789 Å². The van der Waals surface area contributed by atoms with Crippen molar-refractivity contribution in [3.63, 3.8) is 0 Å². The van der Waals surface area contributed by atoms with E-state index in [9.17, 15) is 15.1 Å². The van der Waals surface area contributed by atoms with Crippen molar-refractivity contribution in [2.75, 3.05) is 33.5 Å². The van der Waals surface area contributed by atoms with E-state index < -0.39 is 193 Å². The van der Waals surface area contributed by atoms with Crippen molar-refractivity contribution in [1.82, 2.24) is 0 Å². The van der Waals surface area contributed by atoms with E-state index >= 15 is 4.79 Å². The lowest BCUT2D eigenvalue weighted by Crippen LogP contribution is -2.69. The summed E-state index contributed by atoms with van der Waals surface area (Å²) >= 11 is 0. The highest BCUT2D eigenvalue weighted by atomic mass is 16.8. The third-order valence-corrected chi connectivity index (χ3v) is 36.8. The van der Waals surface area contributed by atoms with Crippen molar-refractivity contribution < 1.29 is 109 Å². The Hall–Kier alpha value is -5.24. The van der Waals surface area contributed by atoms with Gasteiger partial charge in [-0.3, -0.25) is 9.59 Å². The first-order valence-electron chi connectivity index (χ1n) is 50.6. The number of rotatable bonds is 28. The Bertz CT molecular complexity index is 4560. The van der Waals surface area contributed by atoms with Crippen LogP contribution in [0.2, 0.25) is 0 Å². The van der Waals surface area contributed by atoms with E-state index in [4.69, 9.17) is 94.7 Å². The molecule has 133 heavy (non-hydrogen) atoms. The quantitative estimate of drug-likeness (QED) is 0.0124. The Morgan fingerprint density at radius 3 is 1.91 bits per heavy atom. The second-order valence-corrected chi connectivity index (χ2v) is 45.5. The number of hydrogen-bond acceptors (Lipinski definition) is 24. The first kappa shape index (κ1) is 99.3. The lowest BCUT2D eigenvalue weighted by atomic mass is 9.33. The molecule has 0 radical (unpaired) electrons. The molecule has 9 heterocycles. The van der Waals surface area contributed by atoms with E-state index in [0.717, 1.165) is 55.2 Å². The number of fused-ring (bicyclic) bond motifs is 9. The van der Waals surface area contributed by atoms with Gasteiger partial charge in [-0.05, 0) is 190 Å². The standard InChI is InChI=1S/C107H155N3O23/c1-23-75-61(6)60(5)63(8)93(121-75)129-89-85(126-91-62(7)59(4)58(3)51-117-91)65(10)83(67(12)112)124-97(89)123-80-43-44-102(18)78(103(80,19)56-111)42-45-104(20)79(102)41-40-73-74-49-100(14,15)46-47-107(74,81(114-22)50-105(73,104)21)99(113)131-96-86(64(9)82(109-110-108)76(122-96)54-115-52-69-34-28-25-29-35-69)127-95-72-48-101(16,17)132-88(72)87(68(13)120-95)128-92-66(11)84(77(55-118-92)116-53-70-36-30-26-31-37-70)125-98-90-106(24-2,57-119-98)133-94(130-90)71-38-32-27-33-39-71/h25-40,56,58-66,68,72,74-98H,23-24,41-55,57H2,1-22H3/t58-,59+,60+,61-,62?,63?,64?,65-,66?,68?,72?,74?,75?,76?,77-,78-,79?,80+,81?,82-,83?,84?,85+,86?,87+,88?,89?,90?,91+,92+,93+,94+,95+,96+,97-,98+,102?,103-,104+,105-,106+,107-/m1/s1. The Balaban J connectivity index is 0.646. The van der Waals surface area contributed by atoms with E-state index in [-0.39, 0.29) is 90.1 Å². The van der Waals surface area contributed by atoms with Crippen LogP contribution >= 0.6 is 0 Å². The number of allylic oxidation sites excluding steroid dienone is 2. The van der Waals surface area contributed by atoms with Crippen LogP contribution in [0.15, 0.2) is 108 Å². The summed E-state index contributed by atoms with van der Waals surface area (Å²) in [4.78, 5) is 49.4. The van der Waals surface area contributed by atoms with Crippen LogP contribution in [-0.2, 0) is 122 Å². The minimum atomic E-state index is -1.37. The summed E-state index contributed by atoms with van der Waals surface area (Å²) in [7, 11) is 1.76. The molecule has 736 valence electrons. The molecule has 5 aliphatic carbocycles. The predicted octanol–water partition coefficient (Wildman–Crippen LogP) is 19.1. The van der Waals surface area contributed by atoms with Crippen LogP contribution in [0.1, 0.15) is 245 Å². The number of esters is 1. The van der Waals surface area contributed by atoms with E-state index in [1.54, 1.807) is 14.0 Å². The van der Waals surface area contributed by atoms with Crippen LogP contribution in [0.5, 0.6) is 0 Å². The fourth-order valence-corrected chi connectivity index (χ4v) is 27.8. The summed E-state index contributed by atoms with van der Waals surface area (Å²) in [6.45, 7) is 47.0. The molecule has 0 spiro atoms. The van der Waals surface area contributed by atoms with Gasteiger partial charge in [0.1, 0.15) is 53.9 Å². The third-order valence-electron chi connectivity index (χ3n) is 36.8. The molecule has 13 fully saturated rings. The summed E-state index contributed by atoms with van der Waals surface area (Å²) in [6, 6.07) is 29.0. The smallest absolute Gasteiger partial charge is 0.317 e. The minimum Gasteiger partial charge on any atom is -0.432 e. The van der Waals surface area contributed by atoms with Crippen LogP contribution in [-0.4, -0.2) is 198 Å². The van der Waals surface area contributed by atoms with Gasteiger partial charge in [0.2, 0.25) is 6.29 Å². The van der Waals surface area contributed by atoms with Gasteiger partial charge in [0.15, 0.2) is 49.8 Å². The molecular formula is C107H155N3O23. The lowest BCUT2D eigenvalue weighted by molar-refractivity contribution is -0.374. The summed E-state index contributed by atoms with van der Waals surface area (Å²) < 4.78 is 141. The van der Waals surface area contributed by atoms with Gasteiger partial charge in [0.25, 0.3) is 0 Å². The van der Waals surface area contributed by atoms with Gasteiger partial charge >= 0.3 is 5.97 Å². The topological polar surface area (TPSA) is 285 Å². The number of carbonyl (C=O) groups is 3. The number of methoxy groups -OCH3 is 1. The van der Waals surface area contributed by atoms with Gasteiger partial charge in [-0.15, -0.1) is 0 Å². The number of hydrogen-bond donors (Lipinski definition) is 0. The number of Topliss-reactive ketones (excluding diaryl/α,β-unsaturated/α-hetero) is 1. The van der Waals surface area contributed by atoms with Crippen LogP contribution in [0.4, 0.5) is 0 Å². The Morgan fingerprint density at radius 1 is 0.571 bits per heavy atom. The average Bonchev–Trinajstić information content (AvgIpc) is 1.66. The molecule has 9 saturated heterocycles. The van der Waals surface area contributed by atoms with Gasteiger partial charge in [0.05, 0.1) is 106 Å². The second kappa shape index (κ2) is 39.3. The number of ether oxygens (including phenoxy) is 20. The largest absolute Gasteiger partial charge is 0.432 e. The van der Waals surface area contributed by atoms with Crippen molar-refractivity contribution in [1.29, 1.82) is 0 Å². The van der Waals surface area contributed by atoms with Crippen molar-refractivity contribution in [2.24, 2.45) is 115 Å². The lowest BCUT2D eigenvalue weighted by Gasteiger charge is -2.71. The Kier molecular flexibility index (Phi) is 29.4. The zero-order valence-corrected chi connectivity index (χ0v) is 83.1. The SMILES string of the molecule is CCC1O[C@@H](OC2[C@H](O[C@H]3CCC4(C)C5CC=C6C7CC(C)(C)CC[C@]7(C(=O)O[C@@H]7OC(COCc8ccccc8)[C@H](N=[N+]=[N-])C(C)C7O[C@@H]7OC(C)[C@H](O[C@@H]8OC[C@@H](OCc9ccccc9)C(O[C@@H]9OC[C@]%10(CC)O[C@@H](c%11ccccc%11)OC9%10)C8C)C8OC(C)(C)CC87)C(OC)C[C@@]6(C)[C@@]5(C)CC[C@H]4[C@@]3(C)C=O)OC(C(C)=O)[C@@H](C)[C@@H]2O[C@@H]2OC[C@@H](C)[C@H](C)C2C)C(C)[C@@H](C)[C@H]1C. The van der Waals surface area contributed by atoms with Gasteiger partial charge < -0.3 is 99.5 Å². The third kappa shape index (κ3) is 18.3. The normalized spacial score (nSPS) is 47.5. The molecule has 0 N–H and O–H groups in total. The highest BCUT2D eigenvalue weighted by Crippen LogP contribution is 2.77. The molecule has 26 heteroatoms. The van der Waals surface area contributed by atoms with Gasteiger partial charge in [0, 0.05) is 47.2 Å². The molecule has 0 amide bonds. The van der Waals surface area contributed by atoms with Gasteiger partial charge in [-0.2, -0.15) is 0 Å². The van der Waals surface area contributed by atoms with Gasteiger partial charge in [-0.1, -0.05) is 225 Å². The van der Waals surface area contributed by atoms with Crippen LogP contribution in [0.25, 0.3) is 10.4 Å². The van der Waals surface area contributed by atoms with Crippen molar-refractivity contribution in [2.45, 2.75) is 389 Å². The molecule has 0 aromatic heterocycles. The van der Waals surface area contributed by atoms with Crippen LogP contribution in [0, 0.1) is 109 Å². The molecular weight excluding hydrogens is 1700 g/mol. The summed E-state index contributed by atoms with van der Waals surface area (Å²) in [5.74, 6) is -1.68. The van der Waals surface area contributed by atoms with E-state index in [1.807, 2.05) is 112 Å². The number of aldehydes is 1. The number of benzene rings is 3. The van der Waals surface area contributed by atoms with E-state index in [2.05, 4.69) is 134 Å². The second-order valence-electron chi connectivity index (χ2n) is 45.5. The fourth-order valence-electron chi connectivity index (χ4n) is 27.8. The zero-order chi connectivity index (χ0) is 94.6. The maximum atomic E-state index is 17.1. The summed E-state index contributed by atoms with van der Waals surface area (Å²) in [6.07, 6.45) is -4.67.